The van der Waals surface area contributed by atoms with Crippen LogP contribution in [0.1, 0.15) is 32.0 Å². The number of nitrogens with one attached hydrogen (secondary N) is 1. The molecule has 0 aliphatic rings. The summed E-state index contributed by atoms with van der Waals surface area (Å²) in [4.78, 5) is 11.5. The highest BCUT2D eigenvalue weighted by molar-refractivity contribution is 5.76. The average Bonchev–Trinajstić information content (AvgIpc) is 2.44. The number of carbonyl (C=O) groups is 1. The second-order valence-corrected chi connectivity index (χ2v) is 4.63. The van der Waals surface area contributed by atoms with Crippen molar-refractivity contribution in [3.8, 4) is 0 Å². The minimum atomic E-state index is -0.523. The van der Waals surface area contributed by atoms with Crippen molar-refractivity contribution in [2.45, 2.75) is 39.9 Å². The van der Waals surface area contributed by atoms with E-state index in [-0.39, 0.29) is 6.61 Å². The highest BCUT2D eigenvalue weighted by Gasteiger charge is 2.16. The van der Waals surface area contributed by atoms with Crippen LogP contribution in [0, 0.1) is 6.92 Å². The molecule has 0 saturated carbocycles. The van der Waals surface area contributed by atoms with Crippen LogP contribution >= 0.6 is 0 Å². The first-order chi connectivity index (χ1) is 7.31. The summed E-state index contributed by atoms with van der Waals surface area (Å²) in [6.07, 6.45) is 1.13. The highest BCUT2D eigenvalue weighted by atomic mass is 16.6. The van der Waals surface area contributed by atoms with Gasteiger partial charge in [0.25, 0.3) is 0 Å². The number of aliphatic hydroxyl groups excluding tert-OH is 1. The number of ether oxygens (including phenoxy) is 1. The van der Waals surface area contributed by atoms with Crippen LogP contribution in [0.15, 0.2) is 12.3 Å². The maximum absolute atomic E-state index is 11.5. The number of carbonyl (C=O) groups excluding carboxylic acids is 1. The van der Waals surface area contributed by atoms with Gasteiger partial charge in [-0.25, -0.2) is 10.2 Å². The normalized spacial score (nSPS) is 11.3. The van der Waals surface area contributed by atoms with Gasteiger partial charge in [0.15, 0.2) is 0 Å². The Hall–Kier alpha value is -1.49. The van der Waals surface area contributed by atoms with Crippen LogP contribution in [0.5, 0.6) is 0 Å². The number of hydrogen-bond donors (Lipinski definition) is 2. The van der Waals surface area contributed by atoms with Gasteiger partial charge in [0.2, 0.25) is 0 Å². The average molecular weight is 226 g/mol. The number of amides is 1. The van der Waals surface area contributed by atoms with E-state index in [1.807, 2.05) is 6.92 Å². The van der Waals surface area contributed by atoms with Crippen molar-refractivity contribution in [1.82, 2.24) is 4.68 Å². The number of aryl methyl sites for hydroxylation is 1. The molecule has 1 aromatic rings. The Labute approximate surface area is 95.0 Å². The Balaban J connectivity index is 2.66. The Morgan fingerprint density at radius 3 is 2.62 bits per heavy atom. The molecule has 0 radical (unpaired) electrons. The third kappa shape index (κ3) is 3.58. The molecule has 1 amide bonds. The molecule has 0 aromatic carbocycles. The van der Waals surface area contributed by atoms with Gasteiger partial charge in [-0.3, -0.25) is 4.68 Å². The summed E-state index contributed by atoms with van der Waals surface area (Å²) < 4.78 is 6.63. The molecule has 1 aromatic heterocycles. The van der Waals surface area contributed by atoms with Gasteiger partial charge in [0, 0.05) is 11.9 Å². The van der Waals surface area contributed by atoms with Gasteiger partial charge in [-0.15, -0.1) is 0 Å². The molecule has 1 heterocycles. The number of nitrogens with zero attached hydrogens (tertiary/aromatic N) is 1. The van der Waals surface area contributed by atoms with Crippen molar-refractivity contribution in [1.29, 1.82) is 0 Å². The van der Waals surface area contributed by atoms with E-state index >= 15 is 0 Å². The molecule has 16 heavy (non-hydrogen) atoms. The molecule has 5 heteroatoms. The summed E-state index contributed by atoms with van der Waals surface area (Å²) in [7, 11) is 0. The Morgan fingerprint density at radius 2 is 2.19 bits per heavy atom. The smallest absolute Gasteiger partial charge is 0.426 e. The lowest BCUT2D eigenvalue weighted by Gasteiger charge is -2.20. The van der Waals surface area contributed by atoms with E-state index < -0.39 is 11.7 Å². The molecule has 5 nitrogen and oxygen atoms in total. The maximum Gasteiger partial charge on any atom is 0.426 e. The van der Waals surface area contributed by atoms with Crippen molar-refractivity contribution < 1.29 is 14.6 Å². The molecular weight excluding hydrogens is 208 g/mol. The molecule has 0 aliphatic carbocycles. The molecule has 90 valence electrons. The predicted octanol–water partition coefficient (Wildman–Crippen LogP) is 1.77. The second kappa shape index (κ2) is 4.57. The lowest BCUT2D eigenvalue weighted by molar-refractivity contribution is 0.0612. The van der Waals surface area contributed by atoms with Crippen molar-refractivity contribution >= 4 is 6.09 Å². The maximum atomic E-state index is 11.5. The first kappa shape index (κ1) is 12.6. The topological polar surface area (TPSA) is 63.5 Å². The highest BCUT2D eigenvalue weighted by Crippen LogP contribution is 2.09. The van der Waals surface area contributed by atoms with Crippen LogP contribution in [0.4, 0.5) is 4.79 Å². The van der Waals surface area contributed by atoms with Crippen LogP contribution in [-0.2, 0) is 11.3 Å². The Morgan fingerprint density at radius 1 is 1.56 bits per heavy atom. The molecule has 0 atom stereocenters. The largest absolute Gasteiger partial charge is 0.443 e. The van der Waals surface area contributed by atoms with E-state index in [0.29, 0.717) is 0 Å². The van der Waals surface area contributed by atoms with Crippen LogP contribution in [0.25, 0.3) is 0 Å². The van der Waals surface area contributed by atoms with Gasteiger partial charge in [0.1, 0.15) is 5.60 Å². The quantitative estimate of drug-likeness (QED) is 0.807. The number of aromatic nitrogens is 1. The van der Waals surface area contributed by atoms with Gasteiger partial charge in [-0.1, -0.05) is 0 Å². The van der Waals surface area contributed by atoms with Crippen molar-refractivity contribution in [3.05, 3.63) is 23.5 Å². The first-order valence-corrected chi connectivity index (χ1v) is 5.10. The minimum Gasteiger partial charge on any atom is -0.443 e. The van der Waals surface area contributed by atoms with E-state index in [9.17, 15) is 4.79 Å². The van der Waals surface area contributed by atoms with Gasteiger partial charge < -0.3 is 9.84 Å². The summed E-state index contributed by atoms with van der Waals surface area (Å²) in [6, 6.07) is 1.79. The summed E-state index contributed by atoms with van der Waals surface area (Å²) in [5.41, 5.74) is 3.62. The SMILES string of the molecule is Cc1cc(CO)cn1NC(=O)OC(C)(C)C. The van der Waals surface area contributed by atoms with Gasteiger partial charge in [-0.05, 0) is 39.3 Å². The zero-order valence-corrected chi connectivity index (χ0v) is 10.1. The molecular formula is C11H18N2O3. The second-order valence-electron chi connectivity index (χ2n) is 4.63. The van der Waals surface area contributed by atoms with Crippen molar-refractivity contribution in [2.24, 2.45) is 0 Å². The van der Waals surface area contributed by atoms with Crippen LogP contribution in [-0.4, -0.2) is 21.5 Å². The number of rotatable bonds is 2. The van der Waals surface area contributed by atoms with Gasteiger partial charge >= 0.3 is 6.09 Å². The van der Waals surface area contributed by atoms with E-state index in [1.165, 1.54) is 4.68 Å². The van der Waals surface area contributed by atoms with Crippen LogP contribution < -0.4 is 5.43 Å². The zero-order chi connectivity index (χ0) is 12.3. The minimum absolute atomic E-state index is 0.0517. The van der Waals surface area contributed by atoms with E-state index in [2.05, 4.69) is 5.43 Å². The Kier molecular flexibility index (Phi) is 3.59. The molecule has 0 bridgehead atoms. The fourth-order valence-electron chi connectivity index (χ4n) is 1.25. The molecule has 1 rings (SSSR count). The van der Waals surface area contributed by atoms with E-state index in [0.717, 1.165) is 11.3 Å². The summed E-state index contributed by atoms with van der Waals surface area (Å²) in [5.74, 6) is 0. The Bertz CT molecular complexity index is 377. The molecule has 2 N–H and O–H groups in total. The first-order valence-electron chi connectivity index (χ1n) is 5.10. The summed E-state index contributed by atoms with van der Waals surface area (Å²) in [5, 5.41) is 8.94. The lowest BCUT2D eigenvalue weighted by Crippen LogP contribution is -2.31. The zero-order valence-electron chi connectivity index (χ0n) is 10.1. The van der Waals surface area contributed by atoms with Crippen molar-refractivity contribution in [2.75, 3.05) is 5.43 Å². The molecule has 0 unspecified atom stereocenters. The summed E-state index contributed by atoms with van der Waals surface area (Å²) in [6.45, 7) is 7.18. The van der Waals surface area contributed by atoms with Crippen molar-refractivity contribution in [3.63, 3.8) is 0 Å². The number of hydrogen-bond acceptors (Lipinski definition) is 3. The van der Waals surface area contributed by atoms with Gasteiger partial charge in [0.05, 0.1) is 6.61 Å². The number of aliphatic hydroxyl groups is 1. The van der Waals surface area contributed by atoms with Gasteiger partial charge in [-0.2, -0.15) is 0 Å². The van der Waals surface area contributed by atoms with E-state index in [4.69, 9.17) is 9.84 Å². The fourth-order valence-corrected chi connectivity index (χ4v) is 1.25. The lowest BCUT2D eigenvalue weighted by atomic mass is 10.2. The third-order valence-corrected chi connectivity index (χ3v) is 1.86. The standard InChI is InChI=1S/C11H18N2O3/c1-8-5-9(7-14)6-13(8)12-10(15)16-11(2,3)4/h5-6,14H,7H2,1-4H3,(H,12,15). The van der Waals surface area contributed by atoms with Crippen LogP contribution in [0.2, 0.25) is 0 Å². The third-order valence-electron chi connectivity index (χ3n) is 1.86. The molecule has 0 fully saturated rings. The monoisotopic (exact) mass is 226 g/mol. The van der Waals surface area contributed by atoms with Crippen LogP contribution in [0.3, 0.4) is 0 Å². The summed E-state index contributed by atoms with van der Waals surface area (Å²) >= 11 is 0. The molecule has 0 aliphatic heterocycles. The van der Waals surface area contributed by atoms with E-state index in [1.54, 1.807) is 33.0 Å². The molecule has 0 spiro atoms. The molecule has 0 saturated heterocycles. The predicted molar refractivity (Wildman–Crippen MR) is 60.7 cm³/mol. The fraction of sp³-hybridized carbons (Fsp3) is 0.545.